The van der Waals surface area contributed by atoms with Gasteiger partial charge in [-0.25, -0.2) is 0 Å². The highest BCUT2D eigenvalue weighted by Gasteiger charge is 2.42. The number of likely N-dealkylation sites (tertiary alicyclic amines) is 1. The molecule has 0 bridgehead atoms. The third-order valence-electron chi connectivity index (χ3n) is 3.41. The molecule has 2 fully saturated rings. The molecule has 17 heavy (non-hydrogen) atoms. The van der Waals surface area contributed by atoms with E-state index in [0.717, 1.165) is 43.7 Å². The molecule has 2 aliphatic heterocycles. The van der Waals surface area contributed by atoms with Crippen molar-refractivity contribution in [1.82, 2.24) is 4.90 Å². The van der Waals surface area contributed by atoms with Crippen molar-refractivity contribution in [1.29, 1.82) is 0 Å². The van der Waals surface area contributed by atoms with Gasteiger partial charge in [0.1, 0.15) is 0 Å². The summed E-state index contributed by atoms with van der Waals surface area (Å²) in [7, 11) is 0. The van der Waals surface area contributed by atoms with E-state index in [2.05, 4.69) is 45.1 Å². The van der Waals surface area contributed by atoms with E-state index in [1.165, 1.54) is 5.56 Å². The lowest BCUT2D eigenvalue weighted by Gasteiger charge is -2.22. The van der Waals surface area contributed by atoms with Crippen LogP contribution in [0.25, 0.3) is 0 Å². The van der Waals surface area contributed by atoms with Crippen molar-refractivity contribution in [2.45, 2.75) is 18.8 Å². The number of hydrogen-bond donors (Lipinski definition) is 0. The number of ether oxygens (including phenoxy) is 2. The van der Waals surface area contributed by atoms with E-state index >= 15 is 0 Å². The Labute approximate surface area is 110 Å². The van der Waals surface area contributed by atoms with Crippen molar-refractivity contribution in [2.24, 2.45) is 0 Å². The van der Waals surface area contributed by atoms with Gasteiger partial charge in [-0.2, -0.15) is 0 Å². The maximum atomic E-state index is 5.72. The Kier molecular flexibility index (Phi) is 3.21. The molecule has 0 saturated carbocycles. The topological polar surface area (TPSA) is 21.7 Å². The SMILES string of the molecule is Brc1ccc(CN2CCC3(C2)OCCO3)cc1. The van der Waals surface area contributed by atoms with Gasteiger partial charge in [-0.3, -0.25) is 4.90 Å². The molecule has 0 unspecified atom stereocenters. The highest BCUT2D eigenvalue weighted by Crippen LogP contribution is 2.31. The van der Waals surface area contributed by atoms with E-state index < -0.39 is 0 Å². The maximum Gasteiger partial charge on any atom is 0.182 e. The molecular weight excluding hydrogens is 282 g/mol. The molecule has 2 aliphatic rings. The molecule has 2 heterocycles. The molecule has 92 valence electrons. The fourth-order valence-electron chi connectivity index (χ4n) is 2.54. The van der Waals surface area contributed by atoms with Crippen molar-refractivity contribution < 1.29 is 9.47 Å². The summed E-state index contributed by atoms with van der Waals surface area (Å²) in [5.41, 5.74) is 1.34. The number of rotatable bonds is 2. The Bertz CT molecular complexity index is 387. The summed E-state index contributed by atoms with van der Waals surface area (Å²) in [6.45, 7) is 4.40. The van der Waals surface area contributed by atoms with Crippen molar-refractivity contribution in [3.63, 3.8) is 0 Å². The monoisotopic (exact) mass is 297 g/mol. The van der Waals surface area contributed by atoms with Crippen LogP contribution in [0.5, 0.6) is 0 Å². The Morgan fingerprint density at radius 1 is 1.18 bits per heavy atom. The second-order valence-corrected chi connectivity index (χ2v) is 5.61. The van der Waals surface area contributed by atoms with Gasteiger partial charge in [-0.05, 0) is 17.7 Å². The van der Waals surface area contributed by atoms with E-state index in [4.69, 9.17) is 9.47 Å². The molecule has 0 aromatic heterocycles. The molecule has 1 spiro atoms. The molecule has 1 aromatic carbocycles. The Morgan fingerprint density at radius 2 is 1.88 bits per heavy atom. The van der Waals surface area contributed by atoms with Crippen LogP contribution < -0.4 is 0 Å². The standard InChI is InChI=1S/C13H16BrNO2/c14-12-3-1-11(2-4-12)9-15-6-5-13(10-15)16-7-8-17-13/h1-4H,5-10H2. The van der Waals surface area contributed by atoms with Gasteiger partial charge in [0.15, 0.2) is 5.79 Å². The van der Waals surface area contributed by atoms with Crippen molar-refractivity contribution in [3.8, 4) is 0 Å². The summed E-state index contributed by atoms with van der Waals surface area (Å²) in [5.74, 6) is -0.296. The molecule has 0 atom stereocenters. The first-order valence-corrected chi connectivity index (χ1v) is 6.80. The van der Waals surface area contributed by atoms with Gasteiger partial charge < -0.3 is 9.47 Å². The number of benzene rings is 1. The number of hydrogen-bond acceptors (Lipinski definition) is 3. The van der Waals surface area contributed by atoms with Crippen LogP contribution in [0.1, 0.15) is 12.0 Å². The average molecular weight is 298 g/mol. The molecule has 3 nitrogen and oxygen atoms in total. The van der Waals surface area contributed by atoms with Crippen LogP contribution in [-0.4, -0.2) is 37.0 Å². The minimum absolute atomic E-state index is 0.296. The first kappa shape index (κ1) is 11.7. The Balaban J connectivity index is 1.62. The molecule has 2 saturated heterocycles. The smallest absolute Gasteiger partial charge is 0.182 e. The van der Waals surface area contributed by atoms with Gasteiger partial charge in [-0.1, -0.05) is 28.1 Å². The fourth-order valence-corrected chi connectivity index (χ4v) is 2.81. The minimum Gasteiger partial charge on any atom is -0.346 e. The van der Waals surface area contributed by atoms with Gasteiger partial charge in [-0.15, -0.1) is 0 Å². The zero-order valence-electron chi connectivity index (χ0n) is 9.69. The summed E-state index contributed by atoms with van der Waals surface area (Å²) in [6.07, 6.45) is 0.990. The second-order valence-electron chi connectivity index (χ2n) is 4.69. The summed E-state index contributed by atoms with van der Waals surface area (Å²) in [6, 6.07) is 8.49. The third-order valence-corrected chi connectivity index (χ3v) is 3.94. The maximum absolute atomic E-state index is 5.72. The predicted octanol–water partition coefficient (Wildman–Crippen LogP) is 2.40. The molecule has 0 aliphatic carbocycles. The van der Waals surface area contributed by atoms with E-state index in [1.807, 2.05) is 0 Å². The summed E-state index contributed by atoms with van der Waals surface area (Å²) in [4.78, 5) is 2.40. The molecule has 0 N–H and O–H groups in total. The first-order valence-electron chi connectivity index (χ1n) is 6.01. The largest absolute Gasteiger partial charge is 0.346 e. The third kappa shape index (κ3) is 2.55. The Morgan fingerprint density at radius 3 is 2.59 bits per heavy atom. The van der Waals surface area contributed by atoms with E-state index in [1.54, 1.807) is 0 Å². The van der Waals surface area contributed by atoms with E-state index in [9.17, 15) is 0 Å². The van der Waals surface area contributed by atoms with Crippen molar-refractivity contribution in [3.05, 3.63) is 34.3 Å². The minimum atomic E-state index is -0.296. The molecular formula is C13H16BrNO2. The highest BCUT2D eigenvalue weighted by molar-refractivity contribution is 9.10. The molecule has 0 amide bonds. The van der Waals surface area contributed by atoms with Gasteiger partial charge in [0.2, 0.25) is 0 Å². The molecule has 3 rings (SSSR count). The number of nitrogens with zero attached hydrogens (tertiary/aromatic N) is 1. The normalized spacial score (nSPS) is 23.6. The molecule has 0 radical (unpaired) electrons. The van der Waals surface area contributed by atoms with Crippen LogP contribution in [0.15, 0.2) is 28.7 Å². The quantitative estimate of drug-likeness (QED) is 0.837. The highest BCUT2D eigenvalue weighted by atomic mass is 79.9. The first-order chi connectivity index (χ1) is 8.26. The van der Waals surface area contributed by atoms with Crippen LogP contribution in [0.2, 0.25) is 0 Å². The van der Waals surface area contributed by atoms with E-state index in [-0.39, 0.29) is 5.79 Å². The summed E-state index contributed by atoms with van der Waals surface area (Å²) >= 11 is 3.45. The van der Waals surface area contributed by atoms with Gasteiger partial charge in [0, 0.05) is 24.0 Å². The lowest BCUT2D eigenvalue weighted by atomic mass is 10.2. The summed E-state index contributed by atoms with van der Waals surface area (Å²) < 4.78 is 12.6. The van der Waals surface area contributed by atoms with E-state index in [0.29, 0.717) is 0 Å². The van der Waals surface area contributed by atoms with Crippen molar-refractivity contribution >= 4 is 15.9 Å². The predicted molar refractivity (Wildman–Crippen MR) is 68.7 cm³/mol. The van der Waals surface area contributed by atoms with Crippen LogP contribution in [-0.2, 0) is 16.0 Å². The van der Waals surface area contributed by atoms with Crippen LogP contribution in [0, 0.1) is 0 Å². The van der Waals surface area contributed by atoms with Crippen LogP contribution >= 0.6 is 15.9 Å². The molecule has 1 aromatic rings. The van der Waals surface area contributed by atoms with Gasteiger partial charge >= 0.3 is 0 Å². The van der Waals surface area contributed by atoms with Gasteiger partial charge in [0.05, 0.1) is 19.8 Å². The lowest BCUT2D eigenvalue weighted by Crippen LogP contribution is -2.34. The fraction of sp³-hybridized carbons (Fsp3) is 0.538. The lowest BCUT2D eigenvalue weighted by molar-refractivity contribution is -0.145. The van der Waals surface area contributed by atoms with Crippen LogP contribution in [0.4, 0.5) is 0 Å². The van der Waals surface area contributed by atoms with Crippen molar-refractivity contribution in [2.75, 3.05) is 26.3 Å². The zero-order chi connectivity index (χ0) is 11.7. The average Bonchev–Trinajstić information content (AvgIpc) is 2.94. The Hall–Kier alpha value is -0.420. The zero-order valence-corrected chi connectivity index (χ0v) is 11.3. The molecule has 4 heteroatoms. The summed E-state index contributed by atoms with van der Waals surface area (Å²) in [5, 5.41) is 0. The van der Waals surface area contributed by atoms with Gasteiger partial charge in [0.25, 0.3) is 0 Å². The number of halogens is 1. The van der Waals surface area contributed by atoms with Crippen LogP contribution in [0.3, 0.4) is 0 Å². The second kappa shape index (κ2) is 4.69.